The van der Waals surface area contributed by atoms with Crippen LogP contribution in [0.25, 0.3) is 0 Å². The molecule has 0 spiro atoms. The molecule has 2 fully saturated rings. The number of aromatic hydroxyl groups is 1. The van der Waals surface area contributed by atoms with Gasteiger partial charge in [-0.3, -0.25) is 29.0 Å². The van der Waals surface area contributed by atoms with Crippen LogP contribution in [0.1, 0.15) is 46.1 Å². The van der Waals surface area contributed by atoms with Crippen molar-refractivity contribution < 1.29 is 19.4 Å². The summed E-state index contributed by atoms with van der Waals surface area (Å²) in [4.78, 5) is 42.4. The standard InChI is InChI=1S/C28H26N4O5S/c33-21-11-12-30-25(26(21)34)28(36)31-20(27(35)29-17-9-10-17)13-37-14-23(31)32(30)24-18-6-2-1-5-16(18)15-38-22-8-4-3-7-19(22)24/h1-8,11-12,17,20,23-24,34H,9-10,13-15H2,(H,29,35)/t20?,23-,24+/m1/s1. The van der Waals surface area contributed by atoms with Crippen molar-refractivity contribution in [3.05, 3.63) is 93.4 Å². The van der Waals surface area contributed by atoms with E-state index >= 15 is 0 Å². The Morgan fingerprint density at radius 3 is 2.58 bits per heavy atom. The molecule has 1 aromatic heterocycles. The third-order valence-corrected chi connectivity index (χ3v) is 8.82. The van der Waals surface area contributed by atoms with E-state index in [1.54, 1.807) is 16.4 Å². The predicted molar refractivity (Wildman–Crippen MR) is 141 cm³/mol. The van der Waals surface area contributed by atoms with Gasteiger partial charge in [0.05, 0.1) is 19.3 Å². The van der Waals surface area contributed by atoms with Crippen molar-refractivity contribution >= 4 is 23.6 Å². The lowest BCUT2D eigenvalue weighted by Crippen LogP contribution is -2.71. The number of nitrogens with one attached hydrogen (secondary N) is 1. The van der Waals surface area contributed by atoms with Gasteiger partial charge in [0.1, 0.15) is 12.2 Å². The number of benzene rings is 2. The number of morpholine rings is 1. The van der Waals surface area contributed by atoms with Gasteiger partial charge >= 0.3 is 0 Å². The highest BCUT2D eigenvalue weighted by Gasteiger charge is 2.50. The fraction of sp³-hybridized carbons (Fsp3) is 0.321. The molecule has 9 nitrogen and oxygen atoms in total. The maximum absolute atomic E-state index is 14.0. The molecule has 1 unspecified atom stereocenters. The average molecular weight is 531 g/mol. The number of amides is 2. The maximum Gasteiger partial charge on any atom is 0.278 e. The van der Waals surface area contributed by atoms with Crippen molar-refractivity contribution in [1.29, 1.82) is 0 Å². The normalized spacial score (nSPS) is 24.0. The van der Waals surface area contributed by atoms with E-state index in [1.165, 1.54) is 17.2 Å². The molecule has 10 heteroatoms. The second-order valence-electron chi connectivity index (χ2n) is 10.1. The maximum atomic E-state index is 14.0. The number of aromatic nitrogens is 1. The molecular weight excluding hydrogens is 504 g/mol. The molecule has 4 heterocycles. The number of pyridine rings is 1. The highest BCUT2D eigenvalue weighted by molar-refractivity contribution is 7.98. The van der Waals surface area contributed by atoms with Gasteiger partial charge in [0.25, 0.3) is 5.91 Å². The van der Waals surface area contributed by atoms with Crippen molar-refractivity contribution in [3.8, 4) is 5.75 Å². The molecule has 2 N–H and O–H groups in total. The second-order valence-corrected chi connectivity index (χ2v) is 11.1. The largest absolute Gasteiger partial charge is 0.502 e. The van der Waals surface area contributed by atoms with Gasteiger partial charge in [-0.1, -0.05) is 42.5 Å². The molecule has 4 aliphatic rings. The van der Waals surface area contributed by atoms with E-state index in [4.69, 9.17) is 4.74 Å². The molecule has 3 aromatic rings. The zero-order valence-corrected chi connectivity index (χ0v) is 21.3. The zero-order chi connectivity index (χ0) is 26.0. The van der Waals surface area contributed by atoms with Crippen LogP contribution in [-0.4, -0.2) is 58.0 Å². The Morgan fingerprint density at radius 2 is 1.76 bits per heavy atom. The summed E-state index contributed by atoms with van der Waals surface area (Å²) in [5.41, 5.74) is 2.44. The van der Waals surface area contributed by atoms with E-state index in [9.17, 15) is 19.5 Å². The fourth-order valence-corrected chi connectivity index (χ4v) is 6.81. The quantitative estimate of drug-likeness (QED) is 0.536. The molecule has 0 radical (unpaired) electrons. The first kappa shape index (κ1) is 23.4. The van der Waals surface area contributed by atoms with Crippen LogP contribution in [0.2, 0.25) is 0 Å². The average Bonchev–Trinajstić information content (AvgIpc) is 3.77. The van der Waals surface area contributed by atoms with Gasteiger partial charge in [-0.15, -0.1) is 11.8 Å². The van der Waals surface area contributed by atoms with E-state index in [2.05, 4.69) is 29.6 Å². The number of fused-ring (bicyclic) bond motifs is 4. The van der Waals surface area contributed by atoms with E-state index in [0.29, 0.717) is 0 Å². The summed E-state index contributed by atoms with van der Waals surface area (Å²) >= 11 is 1.74. The number of carbonyl (C=O) groups is 2. The summed E-state index contributed by atoms with van der Waals surface area (Å²) in [7, 11) is 0. The molecule has 1 saturated heterocycles. The summed E-state index contributed by atoms with van der Waals surface area (Å²) in [6, 6.07) is 16.4. The molecule has 1 aliphatic carbocycles. The Morgan fingerprint density at radius 1 is 1.00 bits per heavy atom. The Bertz CT molecular complexity index is 1470. The number of hydrogen-bond donors (Lipinski definition) is 2. The van der Waals surface area contributed by atoms with Crippen molar-refractivity contribution in [2.75, 3.05) is 18.2 Å². The first-order valence-electron chi connectivity index (χ1n) is 12.8. The molecule has 1 saturated carbocycles. The van der Waals surface area contributed by atoms with Gasteiger partial charge in [-0.2, -0.15) is 0 Å². The third kappa shape index (κ3) is 3.62. The third-order valence-electron chi connectivity index (χ3n) is 7.68. The van der Waals surface area contributed by atoms with E-state index in [1.807, 2.05) is 29.3 Å². The second kappa shape index (κ2) is 8.92. The Kier molecular flexibility index (Phi) is 5.48. The predicted octanol–water partition coefficient (Wildman–Crippen LogP) is 2.35. The summed E-state index contributed by atoms with van der Waals surface area (Å²) in [5.74, 6) is -0.701. The monoisotopic (exact) mass is 530 g/mol. The van der Waals surface area contributed by atoms with Gasteiger partial charge in [-0.05, 0) is 35.6 Å². The molecule has 38 heavy (non-hydrogen) atoms. The van der Waals surface area contributed by atoms with Gasteiger partial charge in [0.2, 0.25) is 11.3 Å². The first-order chi connectivity index (χ1) is 18.5. The smallest absolute Gasteiger partial charge is 0.278 e. The number of ether oxygens (including phenoxy) is 1. The number of hydrogen-bond acceptors (Lipinski definition) is 7. The first-order valence-corrected chi connectivity index (χ1v) is 13.7. The highest BCUT2D eigenvalue weighted by Crippen LogP contribution is 2.44. The lowest BCUT2D eigenvalue weighted by molar-refractivity contribution is -0.135. The van der Waals surface area contributed by atoms with Crippen LogP contribution in [0.15, 0.2) is 70.5 Å². The molecule has 2 aromatic carbocycles. The number of rotatable bonds is 3. The SMILES string of the molecule is O=C(NC1CC1)C1COC[C@@H]2N1C(=O)c1c(O)c(=O)ccn1N2[C@H]1c2ccccc2CSc2ccccc21. The molecule has 3 atom stereocenters. The van der Waals surface area contributed by atoms with Gasteiger partial charge in [0, 0.05) is 29.0 Å². The lowest BCUT2D eigenvalue weighted by atomic mass is 9.93. The van der Waals surface area contributed by atoms with E-state index in [-0.39, 0.29) is 36.9 Å². The van der Waals surface area contributed by atoms with E-state index < -0.39 is 29.3 Å². The lowest BCUT2D eigenvalue weighted by Gasteiger charge is -2.53. The van der Waals surface area contributed by atoms with Crippen LogP contribution < -0.4 is 15.8 Å². The fourth-order valence-electron chi connectivity index (χ4n) is 5.71. The molecule has 2 amide bonds. The number of nitrogens with zero attached hydrogens (tertiary/aromatic N) is 3. The summed E-state index contributed by atoms with van der Waals surface area (Å²) < 4.78 is 7.56. The molecule has 7 rings (SSSR count). The van der Waals surface area contributed by atoms with Crippen LogP contribution in [-0.2, 0) is 15.3 Å². The molecule has 194 valence electrons. The number of thioether (sulfide) groups is 1. The van der Waals surface area contributed by atoms with Crippen molar-refractivity contribution in [2.45, 2.75) is 47.8 Å². The van der Waals surface area contributed by atoms with Crippen LogP contribution in [0.3, 0.4) is 0 Å². The van der Waals surface area contributed by atoms with Crippen molar-refractivity contribution in [3.63, 3.8) is 0 Å². The van der Waals surface area contributed by atoms with Gasteiger partial charge in [0.15, 0.2) is 11.4 Å². The van der Waals surface area contributed by atoms with Crippen LogP contribution in [0, 0.1) is 0 Å². The minimum atomic E-state index is -0.890. The topological polar surface area (TPSA) is 104 Å². The van der Waals surface area contributed by atoms with Crippen molar-refractivity contribution in [1.82, 2.24) is 14.9 Å². The molecule has 0 bridgehead atoms. The summed E-state index contributed by atoms with van der Waals surface area (Å²) in [6.45, 7) is 0.208. The zero-order valence-electron chi connectivity index (χ0n) is 20.4. The highest BCUT2D eigenvalue weighted by atomic mass is 32.2. The summed E-state index contributed by atoms with van der Waals surface area (Å²) in [5, 5.41) is 15.9. The van der Waals surface area contributed by atoms with Crippen molar-refractivity contribution in [2.24, 2.45) is 0 Å². The van der Waals surface area contributed by atoms with Crippen LogP contribution >= 0.6 is 11.8 Å². The van der Waals surface area contributed by atoms with Gasteiger partial charge < -0.3 is 15.2 Å². The number of carbonyl (C=O) groups excluding carboxylic acids is 2. The molecule has 3 aliphatic heterocycles. The Hall–Kier alpha value is -3.76. The Balaban J connectivity index is 1.46. The Labute approximate surface area is 223 Å². The minimum Gasteiger partial charge on any atom is -0.502 e. The van der Waals surface area contributed by atoms with Gasteiger partial charge in [-0.25, -0.2) is 0 Å². The van der Waals surface area contributed by atoms with E-state index in [0.717, 1.165) is 40.2 Å². The summed E-state index contributed by atoms with van der Waals surface area (Å²) in [6.07, 6.45) is 2.70. The molecular formula is C28H26N4O5S. The van der Waals surface area contributed by atoms with Crippen LogP contribution in [0.5, 0.6) is 5.75 Å². The van der Waals surface area contributed by atoms with Crippen LogP contribution in [0.4, 0.5) is 0 Å². The minimum absolute atomic E-state index is 0.0418.